The molecule has 4 aromatic rings. The van der Waals surface area contributed by atoms with Crippen LogP contribution in [0.5, 0.6) is 11.5 Å². The van der Waals surface area contributed by atoms with Gasteiger partial charge in [0, 0.05) is 29.9 Å². The van der Waals surface area contributed by atoms with Gasteiger partial charge >= 0.3 is 6.03 Å². The Bertz CT molecular complexity index is 1510. The monoisotopic (exact) mass is 621 g/mol. The zero-order chi connectivity index (χ0) is 31.6. The number of hydrogen-bond donors (Lipinski definition) is 3. The van der Waals surface area contributed by atoms with Gasteiger partial charge in [-0.05, 0) is 85.6 Å². The van der Waals surface area contributed by atoms with Crippen LogP contribution in [0.25, 0.3) is 0 Å². The first-order valence-electron chi connectivity index (χ1n) is 16.4. The Hall–Kier alpha value is -4.21. The summed E-state index contributed by atoms with van der Waals surface area (Å²) in [5.74, 6) is 1.44. The average Bonchev–Trinajstić information content (AvgIpc) is 3.07. The number of aliphatic hydroxyl groups is 1. The summed E-state index contributed by atoms with van der Waals surface area (Å²) in [6.45, 7) is 3.11. The Balaban J connectivity index is 1.08. The summed E-state index contributed by atoms with van der Waals surface area (Å²) in [7, 11) is 0. The van der Waals surface area contributed by atoms with E-state index in [-0.39, 0.29) is 24.8 Å². The van der Waals surface area contributed by atoms with Crippen LogP contribution >= 0.6 is 0 Å². The second kappa shape index (κ2) is 15.9. The number of urea groups is 1. The van der Waals surface area contributed by atoms with Crippen molar-refractivity contribution < 1.29 is 24.1 Å². The van der Waals surface area contributed by atoms with E-state index in [1.54, 1.807) is 12.1 Å². The zero-order valence-corrected chi connectivity index (χ0v) is 26.1. The van der Waals surface area contributed by atoms with Gasteiger partial charge in [0.05, 0.1) is 18.8 Å². The van der Waals surface area contributed by atoms with Crippen LogP contribution in [0.3, 0.4) is 0 Å². The van der Waals surface area contributed by atoms with E-state index in [1.165, 1.54) is 32.1 Å². The van der Waals surface area contributed by atoms with E-state index in [9.17, 15) is 9.90 Å². The first-order valence-corrected chi connectivity index (χ1v) is 16.4. The molecule has 4 aromatic carbocycles. The van der Waals surface area contributed by atoms with Crippen LogP contribution in [0.15, 0.2) is 103 Å². The summed E-state index contributed by atoms with van der Waals surface area (Å²) in [6, 6.07) is 32.1. The van der Waals surface area contributed by atoms with Gasteiger partial charge in [-0.15, -0.1) is 0 Å². The number of aliphatic hydroxyl groups excluding tert-OH is 1. The van der Waals surface area contributed by atoms with E-state index in [4.69, 9.17) is 14.2 Å². The fourth-order valence-corrected chi connectivity index (χ4v) is 6.06. The second-order valence-corrected chi connectivity index (χ2v) is 12.1. The third-order valence-electron chi connectivity index (χ3n) is 8.56. The van der Waals surface area contributed by atoms with Crippen LogP contribution in [-0.4, -0.2) is 41.8 Å². The average molecular weight is 622 g/mol. The predicted octanol–water partition coefficient (Wildman–Crippen LogP) is 8.43. The highest BCUT2D eigenvalue weighted by Gasteiger charge is 2.33. The Labute approximate surface area is 271 Å². The van der Waals surface area contributed by atoms with Crippen LogP contribution < -0.4 is 15.4 Å². The third-order valence-corrected chi connectivity index (χ3v) is 8.56. The Morgan fingerprint density at radius 2 is 1.30 bits per heavy atom. The number of benzene rings is 4. The van der Waals surface area contributed by atoms with Crippen LogP contribution in [0.4, 0.5) is 16.2 Å². The summed E-state index contributed by atoms with van der Waals surface area (Å²) in [4.78, 5) is 15.3. The highest BCUT2D eigenvalue weighted by atomic mass is 16.7. The van der Waals surface area contributed by atoms with Crippen molar-refractivity contribution >= 4 is 17.4 Å². The lowest BCUT2D eigenvalue weighted by atomic mass is 9.99. The quantitative estimate of drug-likeness (QED) is 0.174. The number of para-hydroxylation sites is 1. The molecule has 240 valence electrons. The number of ether oxygens (including phenoxy) is 3. The van der Waals surface area contributed by atoms with E-state index in [2.05, 4.69) is 15.5 Å². The summed E-state index contributed by atoms with van der Waals surface area (Å²) < 4.78 is 18.9. The highest BCUT2D eigenvalue weighted by Crippen LogP contribution is 2.38. The minimum Gasteiger partial charge on any atom is -0.457 e. The lowest BCUT2D eigenvalue weighted by molar-refractivity contribution is -0.253. The highest BCUT2D eigenvalue weighted by molar-refractivity contribution is 5.99. The normalized spacial score (nSPS) is 20.7. The van der Waals surface area contributed by atoms with Crippen molar-refractivity contribution in [3.63, 3.8) is 0 Å². The fraction of sp³-hybridized carbons (Fsp3) is 0.342. The molecule has 2 aliphatic rings. The summed E-state index contributed by atoms with van der Waals surface area (Å²) >= 11 is 0. The molecule has 0 spiro atoms. The summed E-state index contributed by atoms with van der Waals surface area (Å²) in [5.41, 5.74) is 4.18. The predicted molar refractivity (Wildman–Crippen MR) is 180 cm³/mol. The molecule has 3 atom stereocenters. The van der Waals surface area contributed by atoms with Crippen molar-refractivity contribution in [2.24, 2.45) is 0 Å². The zero-order valence-electron chi connectivity index (χ0n) is 26.1. The minimum absolute atomic E-state index is 0.0174. The molecule has 0 bridgehead atoms. The van der Waals surface area contributed by atoms with E-state index in [0.29, 0.717) is 17.1 Å². The third kappa shape index (κ3) is 8.95. The molecule has 46 heavy (non-hydrogen) atoms. The van der Waals surface area contributed by atoms with Gasteiger partial charge in [-0.1, -0.05) is 73.9 Å². The smallest absolute Gasteiger partial charge is 0.323 e. The number of amides is 2. The van der Waals surface area contributed by atoms with Crippen molar-refractivity contribution in [1.82, 2.24) is 4.90 Å². The summed E-state index contributed by atoms with van der Waals surface area (Å²) in [5, 5.41) is 15.3. The topological polar surface area (TPSA) is 92.3 Å². The van der Waals surface area contributed by atoms with Crippen LogP contribution in [0.1, 0.15) is 67.6 Å². The molecule has 0 radical (unpaired) electrons. The molecule has 0 aromatic heterocycles. The number of nitrogens with zero attached hydrogens (tertiary/aromatic N) is 1. The van der Waals surface area contributed by atoms with Crippen molar-refractivity contribution in [3.05, 3.63) is 120 Å². The van der Waals surface area contributed by atoms with Crippen LogP contribution in [0, 0.1) is 0 Å². The molecule has 0 aliphatic carbocycles. The maximum absolute atomic E-state index is 12.7. The number of anilines is 2. The molecule has 8 nitrogen and oxygen atoms in total. The molecule has 2 fully saturated rings. The first-order chi connectivity index (χ1) is 22.6. The van der Waals surface area contributed by atoms with Crippen molar-refractivity contribution in [2.45, 2.75) is 63.6 Å². The van der Waals surface area contributed by atoms with Gasteiger partial charge in [-0.25, -0.2) is 4.79 Å². The first kappa shape index (κ1) is 31.8. The van der Waals surface area contributed by atoms with Gasteiger partial charge in [-0.3, -0.25) is 0 Å². The van der Waals surface area contributed by atoms with Crippen molar-refractivity contribution in [2.75, 3.05) is 30.3 Å². The van der Waals surface area contributed by atoms with Gasteiger partial charge < -0.3 is 34.9 Å². The Morgan fingerprint density at radius 3 is 1.96 bits per heavy atom. The van der Waals surface area contributed by atoms with Gasteiger partial charge in [0.1, 0.15) is 11.5 Å². The maximum atomic E-state index is 12.7. The lowest BCUT2D eigenvalue weighted by Crippen LogP contribution is -2.40. The molecule has 0 unspecified atom stereocenters. The molecule has 3 N–H and O–H groups in total. The summed E-state index contributed by atoms with van der Waals surface area (Å²) in [6.07, 6.45) is 6.52. The fourth-order valence-electron chi connectivity index (χ4n) is 6.06. The number of hydrogen-bond acceptors (Lipinski definition) is 6. The molecule has 2 amide bonds. The van der Waals surface area contributed by atoms with E-state index >= 15 is 0 Å². The Morgan fingerprint density at radius 1 is 0.717 bits per heavy atom. The minimum atomic E-state index is -0.532. The number of rotatable bonds is 9. The largest absolute Gasteiger partial charge is 0.457 e. The molecule has 6 rings (SSSR count). The van der Waals surface area contributed by atoms with Gasteiger partial charge in [0.2, 0.25) is 0 Å². The SMILES string of the molecule is O=C(Nc1ccc(Oc2ccccc2)cc1)Nc1ccc([C@@H]2O[C@H](CN3CCCCCCC3)C[C@H](c3ccc(CO)cc3)O2)cc1. The maximum Gasteiger partial charge on any atom is 0.323 e. The molecule has 2 saturated heterocycles. The standard InChI is InChI=1S/C38H43N3O5/c42-27-28-11-13-29(14-12-28)36-25-35(26-41-23-7-2-1-3-8-24-41)45-37(46-36)30-15-17-31(18-16-30)39-38(43)40-32-19-21-34(22-20-32)44-33-9-5-4-6-10-33/h4-6,9-22,35-37,42H,1-3,7-8,23-27H2,(H2,39,40,43)/t35-,36+,37+/m0/s1. The number of carbonyl (C=O) groups is 1. The van der Waals surface area contributed by atoms with E-state index in [1.807, 2.05) is 91.0 Å². The van der Waals surface area contributed by atoms with Crippen LogP contribution in [0.2, 0.25) is 0 Å². The molecule has 0 saturated carbocycles. The molecular formula is C38H43N3O5. The van der Waals surface area contributed by atoms with E-state index < -0.39 is 6.29 Å². The molecule has 2 heterocycles. The number of likely N-dealkylation sites (tertiary alicyclic amines) is 1. The van der Waals surface area contributed by atoms with Gasteiger partial charge in [0.15, 0.2) is 6.29 Å². The van der Waals surface area contributed by atoms with Crippen LogP contribution in [-0.2, 0) is 16.1 Å². The Kier molecular flexibility index (Phi) is 11.0. The number of carbonyl (C=O) groups excluding carboxylic acids is 1. The molecule has 2 aliphatic heterocycles. The molecule has 8 heteroatoms. The lowest BCUT2D eigenvalue weighted by Gasteiger charge is -2.38. The van der Waals surface area contributed by atoms with Gasteiger partial charge in [0.25, 0.3) is 0 Å². The van der Waals surface area contributed by atoms with Crippen molar-refractivity contribution in [3.8, 4) is 11.5 Å². The second-order valence-electron chi connectivity index (χ2n) is 12.1. The van der Waals surface area contributed by atoms with E-state index in [0.717, 1.165) is 48.5 Å². The van der Waals surface area contributed by atoms with Gasteiger partial charge in [-0.2, -0.15) is 0 Å². The number of nitrogens with one attached hydrogen (secondary N) is 2. The molecular weight excluding hydrogens is 578 g/mol. The van der Waals surface area contributed by atoms with Crippen molar-refractivity contribution in [1.29, 1.82) is 0 Å².